The minimum absolute atomic E-state index is 0. The van der Waals surface area contributed by atoms with Crippen LogP contribution in [-0.4, -0.2) is 92.9 Å². The first-order valence-corrected chi connectivity index (χ1v) is 6.92. The number of nitrogens with two attached hydrogens (primary N) is 2. The number of nitrogens with one attached hydrogen (secondary N) is 1. The van der Waals surface area contributed by atoms with Gasteiger partial charge in [-0.3, -0.25) is 0 Å². The van der Waals surface area contributed by atoms with E-state index in [1.165, 1.54) is 0 Å². The van der Waals surface area contributed by atoms with Crippen molar-refractivity contribution in [3.8, 4) is 0 Å². The second-order valence-corrected chi connectivity index (χ2v) is 5.73. The van der Waals surface area contributed by atoms with Gasteiger partial charge in [0.1, 0.15) is 5.60 Å². The number of rotatable bonds is 0. The quantitative estimate of drug-likeness (QED) is 0.291. The molecule has 0 atom stereocenters. The van der Waals surface area contributed by atoms with E-state index in [-0.39, 0.29) is 41.3 Å². The van der Waals surface area contributed by atoms with Gasteiger partial charge in [-0.1, -0.05) is 0 Å². The summed E-state index contributed by atoms with van der Waals surface area (Å²) in [5.74, 6) is 0. The molecule has 1 saturated heterocycles. The summed E-state index contributed by atoms with van der Waals surface area (Å²) in [6, 6.07) is 0. The number of nitrogens with zero attached hydrogens (tertiary/aromatic N) is 1. The molecule has 1 aliphatic heterocycles. The molecule has 1 amide bonds. The monoisotopic (exact) mass is 364 g/mol. The van der Waals surface area contributed by atoms with Crippen LogP contribution in [-0.2, 0) is 4.74 Å². The third-order valence-corrected chi connectivity index (χ3v) is 1.77. The molecule has 0 radical (unpaired) electrons. The fraction of sp³-hybridized carbons (Fsp3) is 0.727. The predicted octanol–water partition coefficient (Wildman–Crippen LogP) is -0.246. The van der Waals surface area contributed by atoms with Crippen molar-refractivity contribution in [2.24, 2.45) is 11.5 Å². The number of amides is 1. The normalized spacial score (nSPS) is 13.1. The Morgan fingerprint density at radius 3 is 1.73 bits per heavy atom. The summed E-state index contributed by atoms with van der Waals surface area (Å²) in [6.45, 7) is 8.86. The number of hydrogen-bond acceptors (Lipinski definition) is 5. The average molecular weight is 364 g/mol. The van der Waals surface area contributed by atoms with Crippen molar-refractivity contribution in [3.63, 3.8) is 0 Å². The van der Waals surface area contributed by atoms with Crippen LogP contribution in [0.5, 0.6) is 0 Å². The van der Waals surface area contributed by atoms with Gasteiger partial charge in [-0.2, -0.15) is 0 Å². The average Bonchev–Trinajstić information content (AvgIpc) is 2.26. The summed E-state index contributed by atoms with van der Waals surface area (Å²) < 4.78 is 5.24. The summed E-state index contributed by atoms with van der Waals surface area (Å²) in [4.78, 5) is 13.2. The molecule has 11 heteroatoms. The molecule has 1 aliphatic rings. The van der Waals surface area contributed by atoms with Gasteiger partial charge in [0.2, 0.25) is 0 Å². The zero-order valence-electron chi connectivity index (χ0n) is 12.5. The topological polar surface area (TPSA) is 134 Å². The number of aliphatic hydroxyl groups excluding tert-OH is 2. The number of carbonyl (C=O) groups is 1. The Labute approximate surface area is 163 Å². The van der Waals surface area contributed by atoms with E-state index >= 15 is 0 Å². The summed E-state index contributed by atoms with van der Waals surface area (Å²) in [6.07, 6.45) is -0.200. The molecule has 0 spiro atoms. The zero-order valence-corrected chi connectivity index (χ0v) is 14.1. The summed E-state index contributed by atoms with van der Waals surface area (Å²) in [7, 11) is 0. The molecular formula is C11H25N4NaO4S2. The summed E-state index contributed by atoms with van der Waals surface area (Å²) in [5, 5.41) is 17.3. The number of piperazine rings is 1. The molecule has 0 saturated carbocycles. The van der Waals surface area contributed by atoms with Crippen LogP contribution in [0.2, 0.25) is 0 Å². The van der Waals surface area contributed by atoms with E-state index in [0.29, 0.717) is 0 Å². The van der Waals surface area contributed by atoms with Crippen molar-refractivity contribution in [1.82, 2.24) is 10.2 Å². The van der Waals surface area contributed by atoms with E-state index in [0.717, 1.165) is 26.2 Å². The number of thiocarbonyl (C=S) groups is 2. The maximum atomic E-state index is 11.5. The summed E-state index contributed by atoms with van der Waals surface area (Å²) in [5.41, 5.74) is 8.41. The van der Waals surface area contributed by atoms with Crippen LogP contribution in [0.3, 0.4) is 0 Å². The van der Waals surface area contributed by atoms with Gasteiger partial charge in [-0.25, -0.2) is 4.79 Å². The number of ether oxygens (including phenoxy) is 1. The first kappa shape index (κ1) is 26.5. The van der Waals surface area contributed by atoms with Gasteiger partial charge in [-0.05, 0) is 45.2 Å². The molecule has 0 bridgehead atoms. The summed E-state index contributed by atoms with van der Waals surface area (Å²) >= 11 is 7.74. The molecule has 1 rings (SSSR count). The number of hydrogen-bond donors (Lipinski definition) is 5. The second kappa shape index (κ2) is 14.2. The van der Waals surface area contributed by atoms with Gasteiger partial charge in [0.05, 0.1) is 0 Å². The molecule has 0 unspecified atom stereocenters. The fourth-order valence-electron chi connectivity index (χ4n) is 1.17. The Balaban J connectivity index is -0.000000338. The van der Waals surface area contributed by atoms with E-state index < -0.39 is 10.3 Å². The first-order chi connectivity index (χ1) is 9.45. The Morgan fingerprint density at radius 2 is 1.45 bits per heavy atom. The van der Waals surface area contributed by atoms with Crippen LogP contribution >= 0.6 is 24.4 Å². The Bertz CT molecular complexity index is 327. The molecule has 1 heterocycles. The van der Waals surface area contributed by atoms with Crippen LogP contribution < -0.4 is 16.8 Å². The second-order valence-electron chi connectivity index (χ2n) is 4.89. The molecule has 126 valence electrons. The maximum absolute atomic E-state index is 11.5. The van der Waals surface area contributed by atoms with Crippen LogP contribution in [0, 0.1) is 0 Å². The third kappa shape index (κ3) is 24.6. The Kier molecular flexibility index (Phi) is 17.1. The van der Waals surface area contributed by atoms with Crippen LogP contribution in [0.25, 0.3) is 0 Å². The Hall–Kier alpha value is -0.390. The molecular weight excluding hydrogens is 339 g/mol. The van der Waals surface area contributed by atoms with Crippen molar-refractivity contribution in [2.45, 2.75) is 26.4 Å². The molecule has 7 N–H and O–H groups in total. The van der Waals surface area contributed by atoms with Gasteiger partial charge < -0.3 is 36.6 Å². The van der Waals surface area contributed by atoms with Gasteiger partial charge in [-0.15, -0.1) is 0 Å². The van der Waals surface area contributed by atoms with Crippen molar-refractivity contribution in [1.29, 1.82) is 0 Å². The van der Waals surface area contributed by atoms with Crippen LogP contribution in [0.4, 0.5) is 4.79 Å². The fourth-order valence-corrected chi connectivity index (χ4v) is 1.17. The van der Waals surface area contributed by atoms with Crippen LogP contribution in [0.1, 0.15) is 20.8 Å². The van der Waals surface area contributed by atoms with E-state index in [1.807, 2.05) is 20.8 Å². The number of aliphatic hydroxyl groups is 2. The van der Waals surface area contributed by atoms with Crippen molar-refractivity contribution in [2.75, 3.05) is 26.2 Å². The van der Waals surface area contributed by atoms with E-state index in [1.54, 1.807) is 4.90 Å². The van der Waals surface area contributed by atoms with E-state index in [9.17, 15) is 4.79 Å². The molecule has 0 aromatic carbocycles. The number of carbonyl (C=O) groups excluding carboxylic acids is 1. The molecule has 8 nitrogen and oxygen atoms in total. The molecule has 0 aromatic heterocycles. The third-order valence-electron chi connectivity index (χ3n) is 1.77. The molecule has 0 aromatic rings. The van der Waals surface area contributed by atoms with E-state index in [2.05, 4.69) is 41.2 Å². The van der Waals surface area contributed by atoms with Gasteiger partial charge in [0, 0.05) is 26.2 Å². The molecule has 1 fully saturated rings. The predicted molar refractivity (Wildman–Crippen MR) is 96.7 cm³/mol. The van der Waals surface area contributed by atoms with Crippen molar-refractivity contribution >= 4 is 70.4 Å². The Morgan fingerprint density at radius 1 is 1.14 bits per heavy atom. The molecule has 0 aliphatic carbocycles. The standard InChI is InChI=1S/C9H18N2O2.2CH3NOS.Na.H/c1-9(2,3)13-8(12)11-6-4-10-5-7-11;2*2-1(3)4;;/h10H,4-7H2,1-3H3;2*(H3,2,3,4);;. The SMILES string of the molecule is CC(C)(C)OC(=O)N1CCNCC1.NC(O)=S.NC(O)=S.[NaH]. The minimum atomic E-state index is -0.500. The van der Waals surface area contributed by atoms with Crippen molar-refractivity contribution < 1.29 is 19.7 Å². The van der Waals surface area contributed by atoms with Gasteiger partial charge in [0.15, 0.2) is 0 Å². The van der Waals surface area contributed by atoms with E-state index in [4.69, 9.17) is 14.9 Å². The van der Waals surface area contributed by atoms with Gasteiger partial charge >= 0.3 is 35.7 Å². The van der Waals surface area contributed by atoms with Crippen molar-refractivity contribution in [3.05, 3.63) is 0 Å². The zero-order chi connectivity index (χ0) is 17.1. The first-order valence-electron chi connectivity index (χ1n) is 6.11. The van der Waals surface area contributed by atoms with Crippen LogP contribution in [0.15, 0.2) is 0 Å². The van der Waals surface area contributed by atoms with Gasteiger partial charge in [0.25, 0.3) is 10.3 Å². The molecule has 22 heavy (non-hydrogen) atoms.